The maximum Gasteiger partial charge on any atom is 0.123 e. The molecule has 0 saturated heterocycles. The lowest BCUT2D eigenvalue weighted by Gasteiger charge is -2.19. The van der Waals surface area contributed by atoms with Crippen molar-refractivity contribution < 1.29 is 4.39 Å². The van der Waals surface area contributed by atoms with Crippen molar-refractivity contribution in [1.82, 2.24) is 15.1 Å². The average Bonchev–Trinajstić information content (AvgIpc) is 2.78. The minimum Gasteiger partial charge on any atom is -0.306 e. The number of hydrogen-bond donors (Lipinski definition) is 1. The van der Waals surface area contributed by atoms with Gasteiger partial charge in [0.2, 0.25) is 0 Å². The third-order valence-electron chi connectivity index (χ3n) is 3.58. The van der Waals surface area contributed by atoms with Gasteiger partial charge in [-0.25, -0.2) is 4.39 Å². The number of nitrogens with one attached hydrogen (secondary N) is 1. The fourth-order valence-corrected chi connectivity index (χ4v) is 2.43. The summed E-state index contributed by atoms with van der Waals surface area (Å²) in [6.07, 6.45) is 2.06. The molecule has 1 N–H and O–H groups in total. The van der Waals surface area contributed by atoms with Crippen molar-refractivity contribution in [3.8, 4) is 0 Å². The predicted octanol–water partition coefficient (Wildman–Crippen LogP) is 3.71. The van der Waals surface area contributed by atoms with Crippen LogP contribution >= 0.6 is 0 Å². The third kappa shape index (κ3) is 3.91. The van der Waals surface area contributed by atoms with Crippen LogP contribution in [0, 0.1) is 5.82 Å². The van der Waals surface area contributed by atoms with E-state index in [1.165, 1.54) is 17.7 Å². The minimum absolute atomic E-state index is 0.0252. The average molecular weight is 289 g/mol. The summed E-state index contributed by atoms with van der Waals surface area (Å²) in [6, 6.07) is 6.80. The van der Waals surface area contributed by atoms with Gasteiger partial charge in [0, 0.05) is 36.8 Å². The second-order valence-electron chi connectivity index (χ2n) is 6.58. The fourth-order valence-electron chi connectivity index (χ4n) is 2.43. The first-order chi connectivity index (χ1) is 9.77. The van der Waals surface area contributed by atoms with Gasteiger partial charge in [-0.3, -0.25) is 4.68 Å². The Balaban J connectivity index is 2.08. The zero-order valence-corrected chi connectivity index (χ0v) is 13.4. The van der Waals surface area contributed by atoms with Crippen molar-refractivity contribution in [3.05, 3.63) is 53.1 Å². The molecule has 0 unspecified atom stereocenters. The Morgan fingerprint density at radius 3 is 2.43 bits per heavy atom. The largest absolute Gasteiger partial charge is 0.306 e. The van der Waals surface area contributed by atoms with Crippen LogP contribution in [-0.2, 0) is 19.0 Å². The highest BCUT2D eigenvalue weighted by atomic mass is 19.1. The van der Waals surface area contributed by atoms with Crippen LogP contribution in [0.3, 0.4) is 0 Å². The number of aromatic nitrogens is 2. The molecule has 21 heavy (non-hydrogen) atoms. The van der Waals surface area contributed by atoms with Crippen LogP contribution in [0.15, 0.2) is 30.5 Å². The monoisotopic (exact) mass is 289 g/mol. The molecule has 2 aromatic rings. The Morgan fingerprint density at radius 2 is 1.86 bits per heavy atom. The fraction of sp³-hybridized carbons (Fsp3) is 0.471. The SMILES string of the molecule is C[C@H](NCc1cn(C)nc1C(C)(C)C)c1ccc(F)cc1. The molecule has 1 atom stereocenters. The number of hydrogen-bond acceptors (Lipinski definition) is 2. The van der Waals surface area contributed by atoms with Crippen molar-refractivity contribution in [2.24, 2.45) is 7.05 Å². The molecule has 0 spiro atoms. The Labute approximate surface area is 126 Å². The minimum atomic E-state index is -0.201. The molecule has 0 amide bonds. The second kappa shape index (κ2) is 5.98. The summed E-state index contributed by atoms with van der Waals surface area (Å²) < 4.78 is 14.8. The number of benzene rings is 1. The summed E-state index contributed by atoms with van der Waals surface area (Å²) >= 11 is 0. The van der Waals surface area contributed by atoms with Gasteiger partial charge < -0.3 is 5.32 Å². The van der Waals surface area contributed by atoms with E-state index in [2.05, 4.69) is 44.3 Å². The number of halogens is 1. The summed E-state index contributed by atoms with van der Waals surface area (Å²) in [5, 5.41) is 8.06. The zero-order valence-electron chi connectivity index (χ0n) is 13.4. The first-order valence-corrected chi connectivity index (χ1v) is 7.29. The van der Waals surface area contributed by atoms with Crippen LogP contribution in [-0.4, -0.2) is 9.78 Å². The lowest BCUT2D eigenvalue weighted by Crippen LogP contribution is -2.21. The Morgan fingerprint density at radius 1 is 1.24 bits per heavy atom. The molecule has 0 aliphatic heterocycles. The Kier molecular flexibility index (Phi) is 4.47. The van der Waals surface area contributed by atoms with Crippen LogP contribution in [0.2, 0.25) is 0 Å². The van der Waals surface area contributed by atoms with Gasteiger partial charge in [-0.05, 0) is 24.6 Å². The van der Waals surface area contributed by atoms with E-state index in [0.29, 0.717) is 0 Å². The lowest BCUT2D eigenvalue weighted by atomic mass is 9.89. The molecule has 1 aromatic heterocycles. The highest BCUT2D eigenvalue weighted by Crippen LogP contribution is 2.24. The standard InChI is InChI=1S/C17H24FN3/c1-12(13-6-8-15(18)9-7-13)19-10-14-11-21(5)20-16(14)17(2,3)4/h6-9,11-12,19H,10H2,1-5H3/t12-/m0/s1. The predicted molar refractivity (Wildman–Crippen MR) is 83.6 cm³/mol. The van der Waals surface area contributed by atoms with E-state index in [1.807, 2.05) is 23.9 Å². The molecule has 4 heteroatoms. The highest BCUT2D eigenvalue weighted by molar-refractivity contribution is 5.25. The van der Waals surface area contributed by atoms with E-state index >= 15 is 0 Å². The lowest BCUT2D eigenvalue weighted by molar-refractivity contribution is 0.531. The molecule has 0 fully saturated rings. The number of nitrogens with zero attached hydrogens (tertiary/aromatic N) is 2. The molecule has 2 rings (SSSR count). The molecule has 0 bridgehead atoms. The van der Waals surface area contributed by atoms with Crippen LogP contribution in [0.5, 0.6) is 0 Å². The molecular formula is C17H24FN3. The maximum atomic E-state index is 13.0. The first-order valence-electron chi connectivity index (χ1n) is 7.29. The van der Waals surface area contributed by atoms with Crippen LogP contribution in [0.25, 0.3) is 0 Å². The summed E-state index contributed by atoms with van der Waals surface area (Å²) in [5.41, 5.74) is 3.43. The van der Waals surface area contributed by atoms with Gasteiger partial charge in [0.1, 0.15) is 5.82 Å². The summed E-state index contributed by atoms with van der Waals surface area (Å²) in [4.78, 5) is 0. The van der Waals surface area contributed by atoms with E-state index < -0.39 is 0 Å². The summed E-state index contributed by atoms with van der Waals surface area (Å²) in [6.45, 7) is 9.34. The third-order valence-corrected chi connectivity index (χ3v) is 3.58. The summed E-state index contributed by atoms with van der Waals surface area (Å²) in [5.74, 6) is -0.201. The first kappa shape index (κ1) is 15.7. The molecule has 0 aliphatic rings. The molecule has 0 saturated carbocycles. The second-order valence-corrected chi connectivity index (χ2v) is 6.58. The summed E-state index contributed by atoms with van der Waals surface area (Å²) in [7, 11) is 1.95. The number of rotatable bonds is 4. The van der Waals surface area contributed by atoms with Crippen molar-refractivity contribution in [2.45, 2.75) is 45.7 Å². The van der Waals surface area contributed by atoms with Gasteiger partial charge in [0.15, 0.2) is 0 Å². The van der Waals surface area contributed by atoms with E-state index in [1.54, 1.807) is 0 Å². The van der Waals surface area contributed by atoms with E-state index in [-0.39, 0.29) is 17.3 Å². The van der Waals surface area contributed by atoms with Crippen LogP contribution < -0.4 is 5.32 Å². The van der Waals surface area contributed by atoms with Crippen molar-refractivity contribution >= 4 is 0 Å². The van der Waals surface area contributed by atoms with Crippen molar-refractivity contribution in [1.29, 1.82) is 0 Å². The van der Waals surface area contributed by atoms with Gasteiger partial charge >= 0.3 is 0 Å². The highest BCUT2D eigenvalue weighted by Gasteiger charge is 2.21. The Hall–Kier alpha value is -1.68. The van der Waals surface area contributed by atoms with E-state index in [9.17, 15) is 4.39 Å². The van der Waals surface area contributed by atoms with Crippen LogP contribution in [0.4, 0.5) is 4.39 Å². The van der Waals surface area contributed by atoms with E-state index in [4.69, 9.17) is 0 Å². The molecule has 1 heterocycles. The van der Waals surface area contributed by atoms with Gasteiger partial charge in [-0.1, -0.05) is 32.9 Å². The quantitative estimate of drug-likeness (QED) is 0.930. The normalized spacial score (nSPS) is 13.4. The van der Waals surface area contributed by atoms with Gasteiger partial charge in [-0.2, -0.15) is 5.10 Å². The van der Waals surface area contributed by atoms with Gasteiger partial charge in [-0.15, -0.1) is 0 Å². The number of aryl methyl sites for hydroxylation is 1. The molecule has 0 radical (unpaired) electrons. The van der Waals surface area contributed by atoms with Gasteiger partial charge in [0.05, 0.1) is 5.69 Å². The molecule has 114 valence electrons. The molecular weight excluding hydrogens is 265 g/mol. The Bertz CT molecular complexity index is 593. The zero-order chi connectivity index (χ0) is 15.6. The van der Waals surface area contributed by atoms with E-state index in [0.717, 1.165) is 17.8 Å². The van der Waals surface area contributed by atoms with Gasteiger partial charge in [0.25, 0.3) is 0 Å². The molecule has 0 aliphatic carbocycles. The molecule has 1 aromatic carbocycles. The topological polar surface area (TPSA) is 29.9 Å². The van der Waals surface area contributed by atoms with Crippen LogP contribution in [0.1, 0.15) is 50.6 Å². The maximum absolute atomic E-state index is 13.0. The van der Waals surface area contributed by atoms with Crippen molar-refractivity contribution in [3.63, 3.8) is 0 Å². The smallest absolute Gasteiger partial charge is 0.123 e. The van der Waals surface area contributed by atoms with Crippen molar-refractivity contribution in [2.75, 3.05) is 0 Å². The molecule has 3 nitrogen and oxygen atoms in total.